The van der Waals surface area contributed by atoms with Crippen molar-refractivity contribution in [1.29, 1.82) is 0 Å². The summed E-state index contributed by atoms with van der Waals surface area (Å²) in [5.41, 5.74) is 6.83. The number of piperidine rings is 2. The summed E-state index contributed by atoms with van der Waals surface area (Å²) in [5, 5.41) is 15.3. The summed E-state index contributed by atoms with van der Waals surface area (Å²) in [6, 6.07) is 27.6. The Morgan fingerprint density at radius 3 is 2.19 bits per heavy atom. The molecule has 3 unspecified atom stereocenters. The van der Waals surface area contributed by atoms with Crippen LogP contribution >= 0.6 is 0 Å². The molecule has 58 heavy (non-hydrogen) atoms. The first-order chi connectivity index (χ1) is 28.2. The number of nitrogens with zero attached hydrogens (tertiary/aromatic N) is 3. The first-order valence-corrected chi connectivity index (χ1v) is 21.0. The van der Waals surface area contributed by atoms with E-state index in [1.165, 1.54) is 5.69 Å². The minimum absolute atomic E-state index is 0.00230. The lowest BCUT2D eigenvalue weighted by Gasteiger charge is -2.40. The number of hydrogen-bond donors (Lipinski definition) is 3. The van der Waals surface area contributed by atoms with Crippen molar-refractivity contribution in [2.45, 2.75) is 77.4 Å². The molecule has 5 aliphatic rings. The zero-order chi connectivity index (χ0) is 40.8. The maximum Gasteiger partial charge on any atom is 0.251 e. The van der Waals surface area contributed by atoms with E-state index in [0.717, 1.165) is 86.5 Å². The Morgan fingerprint density at radius 2 is 1.52 bits per heavy atom. The Labute approximate surface area is 341 Å². The summed E-state index contributed by atoms with van der Waals surface area (Å²) < 4.78 is 22.4. The number of halogens is 1. The van der Waals surface area contributed by atoms with Crippen molar-refractivity contribution in [3.63, 3.8) is 0 Å². The lowest BCUT2D eigenvalue weighted by molar-refractivity contribution is -0.132. The van der Waals surface area contributed by atoms with Crippen LogP contribution < -0.4 is 25.2 Å². The molecular weight excluding hydrogens is 734 g/mol. The third kappa shape index (κ3) is 9.15. The molecule has 9 rings (SSSR count). The summed E-state index contributed by atoms with van der Waals surface area (Å²) in [6.45, 7) is 13.5. The lowest BCUT2D eigenvalue weighted by atomic mass is 9.73. The quantitative estimate of drug-likeness (QED) is 0.174. The molecule has 0 spiro atoms. The fraction of sp³-hybridized carbons (Fsp3) is 0.426. The van der Waals surface area contributed by atoms with E-state index in [1.807, 2.05) is 50.2 Å². The average Bonchev–Trinajstić information content (AvgIpc) is 3.61. The van der Waals surface area contributed by atoms with Gasteiger partial charge >= 0.3 is 0 Å². The van der Waals surface area contributed by atoms with Gasteiger partial charge in [0.2, 0.25) is 11.8 Å². The van der Waals surface area contributed by atoms with Crippen molar-refractivity contribution < 1.29 is 28.6 Å². The lowest BCUT2D eigenvalue weighted by Crippen LogP contribution is -2.49. The van der Waals surface area contributed by atoms with E-state index in [2.05, 4.69) is 62.6 Å². The second kappa shape index (κ2) is 18.4. The molecule has 5 aliphatic heterocycles. The van der Waals surface area contributed by atoms with Gasteiger partial charge in [0.05, 0.1) is 5.69 Å². The number of nitrogens with one attached hydrogen (secondary N) is 2. The molecule has 3 N–H and O–H groups in total. The van der Waals surface area contributed by atoms with Gasteiger partial charge < -0.3 is 25.0 Å². The highest BCUT2D eigenvalue weighted by Gasteiger charge is 2.39. The number of imide groups is 1. The van der Waals surface area contributed by atoms with E-state index in [-0.39, 0.29) is 47.2 Å². The maximum absolute atomic E-state index is 16.0. The first kappa shape index (κ1) is 40.8. The molecule has 3 amide bonds. The normalized spacial score (nSPS) is 21.9. The second-order valence-electron chi connectivity index (χ2n) is 15.7. The smallest absolute Gasteiger partial charge is 0.251 e. The predicted octanol–water partition coefficient (Wildman–Crippen LogP) is 7.35. The number of phenolic OH excluding ortho intramolecular Hbond substituents is 1. The Kier molecular flexibility index (Phi) is 13.0. The van der Waals surface area contributed by atoms with E-state index in [9.17, 15) is 19.5 Å². The minimum atomic E-state index is -0.181. The number of ether oxygens (including phenoxy) is 1. The van der Waals surface area contributed by atoms with E-state index in [1.54, 1.807) is 18.2 Å². The summed E-state index contributed by atoms with van der Waals surface area (Å²) in [6.07, 6.45) is 3.68. The SMILES string of the molecule is CC.CC1Oc2cc(O)ccc2C(c2ccc(N3CCC(CN4CCN(c5ccc6c(c5)CNC6=O)CC4)CC3)c(F)c2)C1c1ccccc1.O=C1CCCC(=O)N1. The van der Waals surface area contributed by atoms with Gasteiger partial charge in [-0.25, -0.2) is 4.39 Å². The fourth-order valence-corrected chi connectivity index (χ4v) is 9.13. The highest BCUT2D eigenvalue weighted by atomic mass is 19.1. The van der Waals surface area contributed by atoms with Gasteiger partial charge in [-0.15, -0.1) is 0 Å². The molecule has 0 aliphatic carbocycles. The number of amides is 3. The van der Waals surface area contributed by atoms with Gasteiger partial charge in [-0.05, 0) is 85.2 Å². The minimum Gasteiger partial charge on any atom is -0.508 e. The number of phenols is 1. The Morgan fingerprint density at radius 1 is 0.793 bits per heavy atom. The molecule has 5 heterocycles. The molecule has 3 fully saturated rings. The van der Waals surface area contributed by atoms with Crippen molar-refractivity contribution in [1.82, 2.24) is 15.5 Å². The zero-order valence-corrected chi connectivity index (χ0v) is 33.9. The highest BCUT2D eigenvalue weighted by Crippen LogP contribution is 2.50. The summed E-state index contributed by atoms with van der Waals surface area (Å²) in [7, 11) is 0. The van der Waals surface area contributed by atoms with Crippen LogP contribution in [0.5, 0.6) is 11.5 Å². The standard InChI is InChI=1S/C40H43FN4O3.C5H7NO2.C2H6/c1-26-38(28-5-3-2-4-6-28)39(34-11-9-32(46)23-37(34)48-26)29-7-12-36(35(41)22-29)45-15-13-27(14-16-45)25-43-17-19-44(20-18-43)31-8-10-33-30(21-31)24-42-40(33)47;7-4-2-1-3-5(8)6-4;1-2/h2-12,21-23,26-27,38-39,46H,13-20,24-25H2,1H3,(H,42,47);1-3H2,(H,6,7,8);1-2H3. The summed E-state index contributed by atoms with van der Waals surface area (Å²) in [5.74, 6) is 0.900. The van der Waals surface area contributed by atoms with E-state index >= 15 is 4.39 Å². The van der Waals surface area contributed by atoms with Crippen LogP contribution in [0.25, 0.3) is 0 Å². The number of benzene rings is 4. The molecule has 306 valence electrons. The molecule has 3 atom stereocenters. The molecule has 3 saturated heterocycles. The number of anilines is 2. The number of carbonyl (C=O) groups is 3. The van der Waals surface area contributed by atoms with Crippen LogP contribution in [0.1, 0.15) is 97.3 Å². The monoisotopic (exact) mass is 789 g/mol. The van der Waals surface area contributed by atoms with Gasteiger partial charge in [0.1, 0.15) is 23.4 Å². The average molecular weight is 790 g/mol. The van der Waals surface area contributed by atoms with Crippen LogP contribution in [0, 0.1) is 11.7 Å². The van der Waals surface area contributed by atoms with Crippen molar-refractivity contribution in [2.24, 2.45) is 5.92 Å². The third-order valence-electron chi connectivity index (χ3n) is 12.1. The number of hydrogen-bond acceptors (Lipinski definition) is 8. The molecule has 0 radical (unpaired) electrons. The van der Waals surface area contributed by atoms with Crippen molar-refractivity contribution >= 4 is 29.1 Å². The molecular formula is C47H56FN5O5. The number of rotatable bonds is 6. The number of piperazine rings is 1. The Balaban J connectivity index is 0.000000454. The van der Waals surface area contributed by atoms with E-state index < -0.39 is 0 Å². The van der Waals surface area contributed by atoms with Gasteiger partial charge in [0.25, 0.3) is 5.91 Å². The van der Waals surface area contributed by atoms with E-state index in [0.29, 0.717) is 43.2 Å². The largest absolute Gasteiger partial charge is 0.508 e. The highest BCUT2D eigenvalue weighted by molar-refractivity contribution is 5.99. The maximum atomic E-state index is 16.0. The molecule has 0 bridgehead atoms. The summed E-state index contributed by atoms with van der Waals surface area (Å²) >= 11 is 0. The number of aromatic hydroxyl groups is 1. The van der Waals surface area contributed by atoms with Crippen LogP contribution in [0.3, 0.4) is 0 Å². The Bertz CT molecular complexity index is 2070. The molecule has 10 nitrogen and oxygen atoms in total. The van der Waals surface area contributed by atoms with Gasteiger partial charge in [-0.1, -0.05) is 56.3 Å². The molecule has 0 aromatic heterocycles. The second-order valence-corrected chi connectivity index (χ2v) is 15.7. The zero-order valence-electron chi connectivity index (χ0n) is 33.9. The van der Waals surface area contributed by atoms with E-state index in [4.69, 9.17) is 4.74 Å². The summed E-state index contributed by atoms with van der Waals surface area (Å²) in [4.78, 5) is 39.8. The third-order valence-corrected chi connectivity index (χ3v) is 12.1. The van der Waals surface area contributed by atoms with Crippen molar-refractivity contribution in [3.8, 4) is 11.5 Å². The van der Waals surface area contributed by atoms with Crippen LogP contribution in [0.15, 0.2) is 84.9 Å². The fourth-order valence-electron chi connectivity index (χ4n) is 9.13. The van der Waals surface area contributed by atoms with Gasteiger partial charge in [0, 0.05) is 99.9 Å². The first-order valence-electron chi connectivity index (χ1n) is 21.0. The Hall–Kier alpha value is -5.42. The molecule has 4 aromatic rings. The molecule has 4 aromatic carbocycles. The molecule has 0 saturated carbocycles. The van der Waals surface area contributed by atoms with Crippen LogP contribution in [0.2, 0.25) is 0 Å². The predicted molar refractivity (Wildman–Crippen MR) is 225 cm³/mol. The number of carbonyl (C=O) groups excluding carboxylic acids is 3. The topological polar surface area (TPSA) is 114 Å². The van der Waals surface area contributed by atoms with Crippen LogP contribution in [-0.2, 0) is 16.1 Å². The molecule has 11 heteroatoms. The van der Waals surface area contributed by atoms with Crippen molar-refractivity contribution in [2.75, 3.05) is 55.6 Å². The van der Waals surface area contributed by atoms with Crippen LogP contribution in [0.4, 0.5) is 15.8 Å². The van der Waals surface area contributed by atoms with Gasteiger partial charge in [-0.2, -0.15) is 0 Å². The van der Waals surface area contributed by atoms with Gasteiger partial charge in [-0.3, -0.25) is 24.6 Å². The number of fused-ring (bicyclic) bond motifs is 2. The van der Waals surface area contributed by atoms with Crippen LogP contribution in [-0.4, -0.2) is 79.6 Å². The van der Waals surface area contributed by atoms with Gasteiger partial charge in [0.15, 0.2) is 0 Å². The van der Waals surface area contributed by atoms with Crippen molar-refractivity contribution in [3.05, 3.63) is 119 Å².